The first-order valence-electron chi connectivity index (χ1n) is 5.65. The molecule has 92 valence electrons. The number of nitrogens with zero attached hydrogens (tertiary/aromatic N) is 1. The maximum Gasteiger partial charge on any atom is 0.171 e. The number of nitrogens with two attached hydrogens (primary N) is 1. The van der Waals surface area contributed by atoms with Gasteiger partial charge in [0.2, 0.25) is 0 Å². The van der Waals surface area contributed by atoms with Gasteiger partial charge in [-0.3, -0.25) is 0 Å². The van der Waals surface area contributed by atoms with E-state index in [0.29, 0.717) is 10.3 Å². The molecule has 0 amide bonds. The molecule has 0 radical (unpaired) electrons. The molecule has 3 nitrogen and oxygen atoms in total. The fourth-order valence-corrected chi connectivity index (χ4v) is 3.70. The number of hydrogen-bond donors (Lipinski definition) is 2. The summed E-state index contributed by atoms with van der Waals surface area (Å²) in [6.07, 6.45) is 5.04. The monoisotopic (exact) mass is 270 g/mol. The van der Waals surface area contributed by atoms with Crippen molar-refractivity contribution in [2.24, 2.45) is 10.9 Å². The third-order valence-corrected chi connectivity index (χ3v) is 4.55. The predicted octanol–water partition coefficient (Wildman–Crippen LogP) is 3.47. The summed E-state index contributed by atoms with van der Waals surface area (Å²) in [5.74, 6) is 0.141. The van der Waals surface area contributed by atoms with E-state index in [4.69, 9.17) is 22.5 Å². The predicted molar refractivity (Wildman–Crippen MR) is 72.1 cm³/mol. The standard InChI is InChI=1S/C12H15ClN2OS/c13-8-5-6-10(12(14)15-16)11(7-8)17-9-3-1-2-4-9/h5-7,9,16H,1-4H2,(H2,14,15). The molecule has 0 heterocycles. The molecule has 17 heavy (non-hydrogen) atoms. The summed E-state index contributed by atoms with van der Waals surface area (Å²) in [7, 11) is 0. The van der Waals surface area contributed by atoms with Gasteiger partial charge in [0.15, 0.2) is 5.84 Å². The quantitative estimate of drug-likeness (QED) is 0.383. The highest BCUT2D eigenvalue weighted by atomic mass is 35.5. The number of thioether (sulfide) groups is 1. The Morgan fingerprint density at radius 3 is 2.76 bits per heavy atom. The molecule has 0 unspecified atom stereocenters. The van der Waals surface area contributed by atoms with Crippen LogP contribution >= 0.6 is 23.4 Å². The van der Waals surface area contributed by atoms with E-state index in [-0.39, 0.29) is 5.84 Å². The van der Waals surface area contributed by atoms with E-state index >= 15 is 0 Å². The fraction of sp³-hybridized carbons (Fsp3) is 0.417. The fourth-order valence-electron chi connectivity index (χ4n) is 2.04. The van der Waals surface area contributed by atoms with Gasteiger partial charge in [-0.15, -0.1) is 11.8 Å². The Labute approximate surface area is 110 Å². The van der Waals surface area contributed by atoms with Crippen LogP contribution in [0.5, 0.6) is 0 Å². The van der Waals surface area contributed by atoms with E-state index < -0.39 is 0 Å². The molecule has 1 aromatic carbocycles. The molecule has 3 N–H and O–H groups in total. The number of oxime groups is 1. The number of halogens is 1. The van der Waals surface area contributed by atoms with Gasteiger partial charge < -0.3 is 10.9 Å². The molecule has 0 spiro atoms. The molecule has 0 aliphatic heterocycles. The molecule has 1 aliphatic rings. The number of amidine groups is 1. The third kappa shape index (κ3) is 3.07. The van der Waals surface area contributed by atoms with Gasteiger partial charge in [0.1, 0.15) is 0 Å². The molecule has 1 saturated carbocycles. The smallest absolute Gasteiger partial charge is 0.171 e. The normalized spacial score (nSPS) is 17.6. The Hall–Kier alpha value is -0.870. The topological polar surface area (TPSA) is 58.6 Å². The van der Waals surface area contributed by atoms with Crippen molar-refractivity contribution in [3.8, 4) is 0 Å². The van der Waals surface area contributed by atoms with Crippen LogP contribution in [0, 0.1) is 0 Å². The lowest BCUT2D eigenvalue weighted by Crippen LogP contribution is -2.14. The number of rotatable bonds is 3. The van der Waals surface area contributed by atoms with Crippen molar-refractivity contribution in [1.29, 1.82) is 0 Å². The zero-order chi connectivity index (χ0) is 12.3. The molecular weight excluding hydrogens is 256 g/mol. The maximum absolute atomic E-state index is 8.76. The van der Waals surface area contributed by atoms with Crippen LogP contribution in [-0.4, -0.2) is 16.3 Å². The zero-order valence-corrected chi connectivity index (χ0v) is 11.0. The Bertz CT molecular complexity index is 431. The molecule has 0 saturated heterocycles. The lowest BCUT2D eigenvalue weighted by Gasteiger charge is -2.12. The van der Waals surface area contributed by atoms with Gasteiger partial charge >= 0.3 is 0 Å². The van der Waals surface area contributed by atoms with Gasteiger partial charge in [-0.05, 0) is 31.0 Å². The average molecular weight is 271 g/mol. The van der Waals surface area contributed by atoms with Gasteiger partial charge in [0.25, 0.3) is 0 Å². The van der Waals surface area contributed by atoms with Crippen molar-refractivity contribution in [2.45, 2.75) is 35.8 Å². The Morgan fingerprint density at radius 1 is 1.41 bits per heavy atom. The highest BCUT2D eigenvalue weighted by Crippen LogP contribution is 2.37. The van der Waals surface area contributed by atoms with Crippen molar-refractivity contribution in [1.82, 2.24) is 0 Å². The number of benzene rings is 1. The first-order chi connectivity index (χ1) is 8.20. The van der Waals surface area contributed by atoms with E-state index in [9.17, 15) is 0 Å². The maximum atomic E-state index is 8.76. The number of hydrogen-bond acceptors (Lipinski definition) is 3. The van der Waals surface area contributed by atoms with E-state index in [2.05, 4.69) is 5.16 Å². The van der Waals surface area contributed by atoms with Crippen molar-refractivity contribution >= 4 is 29.2 Å². The summed E-state index contributed by atoms with van der Waals surface area (Å²) < 4.78 is 0. The van der Waals surface area contributed by atoms with Crippen LogP contribution in [0.3, 0.4) is 0 Å². The minimum atomic E-state index is 0.141. The lowest BCUT2D eigenvalue weighted by molar-refractivity contribution is 0.318. The van der Waals surface area contributed by atoms with Crippen LogP contribution in [-0.2, 0) is 0 Å². The molecule has 1 aliphatic carbocycles. The third-order valence-electron chi connectivity index (χ3n) is 2.92. The van der Waals surface area contributed by atoms with Crippen molar-refractivity contribution in [2.75, 3.05) is 0 Å². The second-order valence-electron chi connectivity index (χ2n) is 4.15. The van der Waals surface area contributed by atoms with E-state index in [1.54, 1.807) is 23.9 Å². The molecule has 1 fully saturated rings. The Morgan fingerprint density at radius 2 is 2.12 bits per heavy atom. The summed E-state index contributed by atoms with van der Waals surface area (Å²) in [5, 5.41) is 13.1. The SMILES string of the molecule is NC(=NO)c1ccc(Cl)cc1SC1CCCC1. The Kier molecular flexibility index (Phi) is 4.18. The van der Waals surface area contributed by atoms with E-state index in [1.807, 2.05) is 6.07 Å². The summed E-state index contributed by atoms with van der Waals surface area (Å²) in [6, 6.07) is 5.44. The second-order valence-corrected chi connectivity index (χ2v) is 5.93. The minimum Gasteiger partial charge on any atom is -0.409 e. The molecule has 1 aromatic rings. The Balaban J connectivity index is 2.26. The molecular formula is C12H15ClN2OS. The molecule has 0 aromatic heterocycles. The van der Waals surface area contributed by atoms with Crippen LogP contribution < -0.4 is 5.73 Å². The van der Waals surface area contributed by atoms with Crippen LogP contribution in [0.4, 0.5) is 0 Å². The van der Waals surface area contributed by atoms with Gasteiger partial charge in [0.05, 0.1) is 0 Å². The molecule has 2 rings (SSSR count). The molecule has 0 atom stereocenters. The summed E-state index contributed by atoms with van der Waals surface area (Å²) in [4.78, 5) is 1.000. The summed E-state index contributed by atoms with van der Waals surface area (Å²) in [6.45, 7) is 0. The first-order valence-corrected chi connectivity index (χ1v) is 6.90. The van der Waals surface area contributed by atoms with E-state index in [1.165, 1.54) is 25.7 Å². The summed E-state index contributed by atoms with van der Waals surface area (Å²) in [5.41, 5.74) is 6.42. The van der Waals surface area contributed by atoms with Crippen LogP contribution in [0.15, 0.2) is 28.3 Å². The van der Waals surface area contributed by atoms with Crippen LogP contribution in [0.1, 0.15) is 31.2 Å². The lowest BCUT2D eigenvalue weighted by atomic mass is 10.2. The van der Waals surface area contributed by atoms with E-state index in [0.717, 1.165) is 10.5 Å². The highest BCUT2D eigenvalue weighted by molar-refractivity contribution is 8.00. The van der Waals surface area contributed by atoms with Gasteiger partial charge in [0, 0.05) is 20.7 Å². The second kappa shape index (κ2) is 5.65. The molecule has 0 bridgehead atoms. The van der Waals surface area contributed by atoms with Gasteiger partial charge in [-0.1, -0.05) is 29.6 Å². The summed E-state index contributed by atoms with van der Waals surface area (Å²) >= 11 is 7.77. The van der Waals surface area contributed by atoms with Crippen LogP contribution in [0.25, 0.3) is 0 Å². The largest absolute Gasteiger partial charge is 0.409 e. The van der Waals surface area contributed by atoms with Gasteiger partial charge in [-0.25, -0.2) is 0 Å². The molecule has 5 heteroatoms. The van der Waals surface area contributed by atoms with Crippen molar-refractivity contribution in [3.63, 3.8) is 0 Å². The van der Waals surface area contributed by atoms with Gasteiger partial charge in [-0.2, -0.15) is 0 Å². The highest BCUT2D eigenvalue weighted by Gasteiger charge is 2.18. The first kappa shape index (κ1) is 12.6. The minimum absolute atomic E-state index is 0.141. The van der Waals surface area contributed by atoms with Crippen LogP contribution in [0.2, 0.25) is 5.02 Å². The average Bonchev–Trinajstić information content (AvgIpc) is 2.81. The van der Waals surface area contributed by atoms with Crippen molar-refractivity contribution in [3.05, 3.63) is 28.8 Å². The van der Waals surface area contributed by atoms with Crippen molar-refractivity contribution < 1.29 is 5.21 Å². The zero-order valence-electron chi connectivity index (χ0n) is 9.40.